The zero-order valence-corrected chi connectivity index (χ0v) is 19.6. The van der Waals surface area contributed by atoms with Crippen molar-refractivity contribution < 1.29 is 9.59 Å². The first-order valence-electron chi connectivity index (χ1n) is 11.0. The van der Waals surface area contributed by atoms with Crippen molar-refractivity contribution >= 4 is 23.2 Å². The highest BCUT2D eigenvalue weighted by Crippen LogP contribution is 2.28. The van der Waals surface area contributed by atoms with Gasteiger partial charge in [-0.3, -0.25) is 14.6 Å². The van der Waals surface area contributed by atoms with Gasteiger partial charge in [-0.2, -0.15) is 0 Å². The van der Waals surface area contributed by atoms with E-state index in [0.29, 0.717) is 30.9 Å². The molecule has 6 nitrogen and oxygen atoms in total. The van der Waals surface area contributed by atoms with Crippen LogP contribution in [0.3, 0.4) is 0 Å². The van der Waals surface area contributed by atoms with Gasteiger partial charge in [-0.15, -0.1) is 11.3 Å². The SMILES string of the molecule is CCCN1CCN(C(=O)c2sc(C)nc2C)[C@H](Cc2ccccc2-c2ccncc2)C1=O. The topological polar surface area (TPSA) is 66.4 Å². The zero-order valence-electron chi connectivity index (χ0n) is 18.7. The lowest BCUT2D eigenvalue weighted by molar-refractivity contribution is -0.140. The van der Waals surface area contributed by atoms with Crippen LogP contribution in [0.2, 0.25) is 0 Å². The molecule has 0 aliphatic carbocycles. The molecule has 2 aromatic heterocycles. The van der Waals surface area contributed by atoms with E-state index in [9.17, 15) is 9.59 Å². The summed E-state index contributed by atoms with van der Waals surface area (Å²) in [5.41, 5.74) is 3.89. The van der Waals surface area contributed by atoms with Crippen LogP contribution in [0.1, 0.15) is 39.3 Å². The lowest BCUT2D eigenvalue weighted by atomic mass is 9.93. The van der Waals surface area contributed by atoms with Crippen LogP contribution in [-0.2, 0) is 11.2 Å². The molecule has 0 bridgehead atoms. The van der Waals surface area contributed by atoms with Crippen LogP contribution in [0.15, 0.2) is 48.8 Å². The highest BCUT2D eigenvalue weighted by atomic mass is 32.1. The minimum Gasteiger partial charge on any atom is -0.339 e. The molecule has 0 unspecified atom stereocenters. The number of aryl methyl sites for hydroxylation is 2. The molecule has 1 aromatic carbocycles. The molecule has 1 atom stereocenters. The minimum absolute atomic E-state index is 0.0230. The van der Waals surface area contributed by atoms with Gasteiger partial charge in [-0.25, -0.2) is 4.98 Å². The maximum atomic E-state index is 13.5. The van der Waals surface area contributed by atoms with Crippen LogP contribution < -0.4 is 0 Å². The number of aromatic nitrogens is 2. The third-order valence-electron chi connectivity index (χ3n) is 5.86. The summed E-state index contributed by atoms with van der Waals surface area (Å²) in [6.07, 6.45) is 4.91. The van der Waals surface area contributed by atoms with Gasteiger partial charge in [-0.1, -0.05) is 31.2 Å². The molecule has 1 saturated heterocycles. The highest BCUT2D eigenvalue weighted by molar-refractivity contribution is 7.13. The predicted molar refractivity (Wildman–Crippen MR) is 127 cm³/mol. The summed E-state index contributed by atoms with van der Waals surface area (Å²) in [6.45, 7) is 7.64. The van der Waals surface area contributed by atoms with Crippen molar-refractivity contribution in [2.45, 2.75) is 39.7 Å². The molecule has 0 N–H and O–H groups in total. The number of piperazine rings is 1. The van der Waals surface area contributed by atoms with Crippen LogP contribution in [0, 0.1) is 13.8 Å². The molecule has 32 heavy (non-hydrogen) atoms. The van der Waals surface area contributed by atoms with Crippen molar-refractivity contribution in [2.24, 2.45) is 0 Å². The van der Waals surface area contributed by atoms with E-state index in [2.05, 4.69) is 23.0 Å². The average molecular weight is 449 g/mol. The maximum absolute atomic E-state index is 13.5. The number of hydrogen-bond acceptors (Lipinski definition) is 5. The van der Waals surface area contributed by atoms with Gasteiger partial charge in [0.2, 0.25) is 5.91 Å². The van der Waals surface area contributed by atoms with Crippen molar-refractivity contribution in [1.82, 2.24) is 19.8 Å². The van der Waals surface area contributed by atoms with E-state index in [1.54, 1.807) is 17.3 Å². The Morgan fingerprint density at radius 3 is 2.56 bits per heavy atom. The molecule has 1 fully saturated rings. The number of carbonyl (C=O) groups is 2. The van der Waals surface area contributed by atoms with Crippen molar-refractivity contribution in [3.63, 3.8) is 0 Å². The summed E-state index contributed by atoms with van der Waals surface area (Å²) in [5.74, 6) is -0.0705. The molecule has 0 radical (unpaired) electrons. The van der Waals surface area contributed by atoms with Crippen molar-refractivity contribution in [2.75, 3.05) is 19.6 Å². The fraction of sp³-hybridized carbons (Fsp3) is 0.360. The smallest absolute Gasteiger partial charge is 0.266 e. The lowest BCUT2D eigenvalue weighted by Crippen LogP contribution is -2.59. The van der Waals surface area contributed by atoms with Crippen LogP contribution >= 0.6 is 11.3 Å². The van der Waals surface area contributed by atoms with Gasteiger partial charge in [0.25, 0.3) is 5.91 Å². The molecule has 0 saturated carbocycles. The molecule has 3 aromatic rings. The van der Waals surface area contributed by atoms with Crippen LogP contribution in [0.4, 0.5) is 0 Å². The zero-order chi connectivity index (χ0) is 22.7. The summed E-state index contributed by atoms with van der Waals surface area (Å²) in [5, 5.41) is 0.862. The molecule has 166 valence electrons. The molecule has 2 amide bonds. The van der Waals surface area contributed by atoms with Gasteiger partial charge in [0.05, 0.1) is 10.7 Å². The van der Waals surface area contributed by atoms with Crippen molar-refractivity contribution in [1.29, 1.82) is 0 Å². The summed E-state index contributed by atoms with van der Waals surface area (Å²) in [7, 11) is 0. The number of thiazole rings is 1. The molecule has 7 heteroatoms. The maximum Gasteiger partial charge on any atom is 0.266 e. The van der Waals surface area contributed by atoms with E-state index in [1.165, 1.54) is 11.3 Å². The first-order chi connectivity index (χ1) is 15.5. The van der Waals surface area contributed by atoms with Crippen molar-refractivity contribution in [3.8, 4) is 11.1 Å². The van der Waals surface area contributed by atoms with Gasteiger partial charge >= 0.3 is 0 Å². The van der Waals surface area contributed by atoms with E-state index >= 15 is 0 Å². The fourth-order valence-corrected chi connectivity index (χ4v) is 5.23. The second-order valence-electron chi connectivity index (χ2n) is 8.08. The first kappa shape index (κ1) is 22.1. The minimum atomic E-state index is -0.535. The number of pyridine rings is 1. The fourth-order valence-electron chi connectivity index (χ4n) is 4.35. The number of rotatable bonds is 6. The molecule has 1 aliphatic heterocycles. The Hall–Kier alpha value is -3.06. The summed E-state index contributed by atoms with van der Waals surface area (Å²) in [6, 6.07) is 11.5. The molecule has 1 aliphatic rings. The molecular formula is C25H28N4O2S. The van der Waals surface area contributed by atoms with E-state index in [4.69, 9.17) is 0 Å². The first-order valence-corrected chi connectivity index (χ1v) is 11.8. The molecular weight excluding hydrogens is 420 g/mol. The lowest BCUT2D eigenvalue weighted by Gasteiger charge is -2.41. The largest absolute Gasteiger partial charge is 0.339 e. The molecule has 4 rings (SSSR count). The average Bonchev–Trinajstić information content (AvgIpc) is 3.15. The van der Waals surface area contributed by atoms with Gasteiger partial charge in [0, 0.05) is 38.4 Å². The summed E-state index contributed by atoms with van der Waals surface area (Å²) >= 11 is 1.40. The molecule has 0 spiro atoms. The predicted octanol–water partition coefficient (Wildman–Crippen LogP) is 4.13. The number of nitrogens with zero attached hydrogens (tertiary/aromatic N) is 4. The van der Waals surface area contributed by atoms with E-state index in [0.717, 1.165) is 33.8 Å². The Morgan fingerprint density at radius 1 is 1.12 bits per heavy atom. The van der Waals surface area contributed by atoms with Gasteiger partial charge in [-0.05, 0) is 49.1 Å². The van der Waals surface area contributed by atoms with E-state index in [1.807, 2.05) is 49.1 Å². The quantitative estimate of drug-likeness (QED) is 0.569. The number of carbonyl (C=O) groups excluding carboxylic acids is 2. The number of amides is 2. The summed E-state index contributed by atoms with van der Waals surface area (Å²) in [4.78, 5) is 39.9. The van der Waals surface area contributed by atoms with Crippen LogP contribution in [-0.4, -0.2) is 57.3 Å². The Morgan fingerprint density at radius 2 is 1.88 bits per heavy atom. The Bertz CT molecular complexity index is 1110. The number of benzene rings is 1. The summed E-state index contributed by atoms with van der Waals surface area (Å²) < 4.78 is 0. The van der Waals surface area contributed by atoms with Crippen molar-refractivity contribution in [3.05, 3.63) is 69.9 Å². The molecule has 3 heterocycles. The second kappa shape index (κ2) is 9.61. The normalized spacial score (nSPS) is 16.5. The highest BCUT2D eigenvalue weighted by Gasteiger charge is 2.38. The Kier molecular flexibility index (Phi) is 6.65. The number of hydrogen-bond donors (Lipinski definition) is 0. The van der Waals surface area contributed by atoms with Gasteiger partial charge in [0.1, 0.15) is 10.9 Å². The third-order valence-corrected chi connectivity index (χ3v) is 6.92. The standard InChI is InChI=1S/C25H28N4O2S/c1-4-13-28-14-15-29(25(31)23-17(2)27-18(3)32-23)22(24(28)30)16-20-7-5-6-8-21(20)19-9-11-26-12-10-19/h5-12,22H,4,13-16H2,1-3H3/t22-/m1/s1. The van der Waals surface area contributed by atoms with Gasteiger partial charge < -0.3 is 9.80 Å². The Balaban J connectivity index is 1.70. The van der Waals surface area contributed by atoms with E-state index in [-0.39, 0.29) is 11.8 Å². The monoisotopic (exact) mass is 448 g/mol. The van der Waals surface area contributed by atoms with E-state index < -0.39 is 6.04 Å². The third kappa shape index (κ3) is 4.43. The Labute approximate surface area is 192 Å². The van der Waals surface area contributed by atoms with Crippen LogP contribution in [0.25, 0.3) is 11.1 Å². The van der Waals surface area contributed by atoms with Crippen LogP contribution in [0.5, 0.6) is 0 Å². The second-order valence-corrected chi connectivity index (χ2v) is 9.29. The van der Waals surface area contributed by atoms with Gasteiger partial charge in [0.15, 0.2) is 0 Å².